The van der Waals surface area contributed by atoms with Crippen LogP contribution in [-0.2, 0) is 11.2 Å². The number of halogens is 3. The van der Waals surface area contributed by atoms with Crippen LogP contribution in [0.5, 0.6) is 5.75 Å². The number of hydrogen-bond donors (Lipinski definition) is 1. The van der Waals surface area contributed by atoms with Crippen molar-refractivity contribution in [1.29, 1.82) is 0 Å². The first-order valence-corrected chi connectivity index (χ1v) is 5.73. The number of benzene rings is 1. The summed E-state index contributed by atoms with van der Waals surface area (Å²) in [6, 6.07) is 3.37. The van der Waals surface area contributed by atoms with Crippen molar-refractivity contribution in [1.82, 2.24) is 10.1 Å². The number of aromatic nitrogens is 2. The van der Waals surface area contributed by atoms with E-state index >= 15 is 0 Å². The zero-order chi connectivity index (χ0) is 14.5. The summed E-state index contributed by atoms with van der Waals surface area (Å²) in [5.74, 6) is -0.648. The van der Waals surface area contributed by atoms with Crippen molar-refractivity contribution in [3.8, 4) is 17.2 Å². The predicted molar refractivity (Wildman–Crippen MR) is 61.9 cm³/mol. The van der Waals surface area contributed by atoms with E-state index in [-0.39, 0.29) is 36.1 Å². The maximum absolute atomic E-state index is 12.8. The van der Waals surface area contributed by atoms with E-state index in [4.69, 9.17) is 4.52 Å². The molecule has 2 rings (SSSR count). The van der Waals surface area contributed by atoms with Crippen LogP contribution in [0.2, 0.25) is 0 Å². The Labute approximate surface area is 112 Å². The SMILES string of the molecule is Oc1cc(F)ccc1-c1nc(CCOCC(F)F)no1. The molecule has 2 aromatic rings. The molecule has 0 amide bonds. The molecule has 1 aromatic carbocycles. The summed E-state index contributed by atoms with van der Waals surface area (Å²) in [4.78, 5) is 3.96. The molecule has 0 saturated heterocycles. The van der Waals surface area contributed by atoms with Gasteiger partial charge in [0.2, 0.25) is 0 Å². The number of nitrogens with zero attached hydrogens (tertiary/aromatic N) is 2. The fourth-order valence-corrected chi connectivity index (χ4v) is 1.49. The van der Waals surface area contributed by atoms with Crippen molar-refractivity contribution in [2.45, 2.75) is 12.8 Å². The second-order valence-corrected chi connectivity index (χ2v) is 3.89. The predicted octanol–water partition coefficient (Wildman–Crippen LogP) is 2.41. The third-order valence-electron chi connectivity index (χ3n) is 2.37. The summed E-state index contributed by atoms with van der Waals surface area (Å²) in [7, 11) is 0. The Kier molecular flexibility index (Phi) is 4.57. The highest BCUT2D eigenvalue weighted by molar-refractivity contribution is 5.61. The Morgan fingerprint density at radius 3 is 2.85 bits per heavy atom. The number of aromatic hydroxyl groups is 1. The van der Waals surface area contributed by atoms with Crippen LogP contribution in [-0.4, -0.2) is 34.9 Å². The van der Waals surface area contributed by atoms with Crippen LogP contribution in [0, 0.1) is 5.82 Å². The highest BCUT2D eigenvalue weighted by Gasteiger charge is 2.13. The molecule has 0 aliphatic carbocycles. The molecule has 0 saturated carbocycles. The van der Waals surface area contributed by atoms with Crippen molar-refractivity contribution >= 4 is 0 Å². The summed E-state index contributed by atoms with van der Waals surface area (Å²) in [5, 5.41) is 13.2. The normalized spacial score (nSPS) is 11.2. The first-order chi connectivity index (χ1) is 9.56. The highest BCUT2D eigenvalue weighted by Crippen LogP contribution is 2.28. The van der Waals surface area contributed by atoms with E-state index in [0.29, 0.717) is 0 Å². The zero-order valence-corrected chi connectivity index (χ0v) is 10.2. The topological polar surface area (TPSA) is 68.4 Å². The van der Waals surface area contributed by atoms with Crippen molar-refractivity contribution < 1.29 is 27.5 Å². The minimum absolute atomic E-state index is 0.0198. The maximum Gasteiger partial charge on any atom is 0.261 e. The molecule has 0 atom stereocenters. The van der Waals surface area contributed by atoms with Crippen molar-refractivity contribution in [3.05, 3.63) is 29.8 Å². The molecule has 8 heteroatoms. The van der Waals surface area contributed by atoms with E-state index in [1.165, 1.54) is 6.07 Å². The Bertz CT molecular complexity index is 575. The van der Waals surface area contributed by atoms with Gasteiger partial charge < -0.3 is 14.4 Å². The van der Waals surface area contributed by atoms with E-state index in [9.17, 15) is 18.3 Å². The lowest BCUT2D eigenvalue weighted by molar-refractivity contribution is 0.0182. The van der Waals surface area contributed by atoms with Crippen LogP contribution in [0.3, 0.4) is 0 Å². The lowest BCUT2D eigenvalue weighted by atomic mass is 10.2. The van der Waals surface area contributed by atoms with Crippen LogP contribution >= 0.6 is 0 Å². The summed E-state index contributed by atoms with van der Waals surface area (Å²) >= 11 is 0. The van der Waals surface area contributed by atoms with Gasteiger partial charge in [-0.15, -0.1) is 0 Å². The van der Waals surface area contributed by atoms with Gasteiger partial charge in [-0.2, -0.15) is 4.98 Å². The lowest BCUT2D eigenvalue weighted by Crippen LogP contribution is -2.07. The monoisotopic (exact) mass is 288 g/mol. The van der Waals surface area contributed by atoms with Crippen LogP contribution in [0.4, 0.5) is 13.2 Å². The molecule has 0 aliphatic heterocycles. The van der Waals surface area contributed by atoms with E-state index in [1.54, 1.807) is 0 Å². The Hall–Kier alpha value is -2.09. The van der Waals surface area contributed by atoms with Gasteiger partial charge in [-0.05, 0) is 12.1 Å². The molecular weight excluding hydrogens is 277 g/mol. The third kappa shape index (κ3) is 3.70. The third-order valence-corrected chi connectivity index (χ3v) is 2.37. The van der Waals surface area contributed by atoms with E-state index in [1.807, 2.05) is 0 Å². The molecule has 108 valence electrons. The Morgan fingerprint density at radius 2 is 2.15 bits per heavy atom. The number of hydrogen-bond acceptors (Lipinski definition) is 5. The van der Waals surface area contributed by atoms with Gasteiger partial charge in [0.1, 0.15) is 18.2 Å². The highest BCUT2D eigenvalue weighted by atomic mass is 19.3. The summed E-state index contributed by atoms with van der Waals surface area (Å²) in [5.41, 5.74) is 0.193. The molecule has 0 fully saturated rings. The molecule has 5 nitrogen and oxygen atoms in total. The molecule has 0 bridgehead atoms. The van der Waals surface area contributed by atoms with Crippen LogP contribution in [0.15, 0.2) is 22.7 Å². The molecule has 1 aromatic heterocycles. The van der Waals surface area contributed by atoms with Gasteiger partial charge in [-0.25, -0.2) is 13.2 Å². The van der Waals surface area contributed by atoms with Gasteiger partial charge in [0.25, 0.3) is 12.3 Å². The number of rotatable bonds is 6. The number of phenols is 1. The van der Waals surface area contributed by atoms with Gasteiger partial charge >= 0.3 is 0 Å². The fraction of sp³-hybridized carbons (Fsp3) is 0.333. The van der Waals surface area contributed by atoms with Gasteiger partial charge in [-0.3, -0.25) is 0 Å². The number of ether oxygens (including phenoxy) is 1. The molecule has 0 aliphatic rings. The minimum atomic E-state index is -2.52. The average Bonchev–Trinajstić information content (AvgIpc) is 2.83. The van der Waals surface area contributed by atoms with Crippen molar-refractivity contribution in [2.75, 3.05) is 13.2 Å². The quantitative estimate of drug-likeness (QED) is 0.827. The van der Waals surface area contributed by atoms with Gasteiger partial charge in [0.05, 0.1) is 12.2 Å². The van der Waals surface area contributed by atoms with Gasteiger partial charge in [0, 0.05) is 12.5 Å². The summed E-state index contributed by atoms with van der Waals surface area (Å²) < 4.78 is 46.1. The molecule has 1 heterocycles. The summed E-state index contributed by atoms with van der Waals surface area (Å²) in [6.45, 7) is -0.623. The second kappa shape index (κ2) is 6.38. The first-order valence-electron chi connectivity index (χ1n) is 5.73. The molecule has 1 N–H and O–H groups in total. The van der Waals surface area contributed by atoms with Crippen LogP contribution < -0.4 is 0 Å². The Balaban J connectivity index is 1.98. The maximum atomic E-state index is 12.8. The van der Waals surface area contributed by atoms with Crippen LogP contribution in [0.25, 0.3) is 11.5 Å². The summed E-state index contributed by atoms with van der Waals surface area (Å²) in [6.07, 6.45) is -2.33. The zero-order valence-electron chi connectivity index (χ0n) is 10.2. The van der Waals surface area contributed by atoms with Crippen molar-refractivity contribution in [2.24, 2.45) is 0 Å². The smallest absolute Gasteiger partial charge is 0.261 e. The number of alkyl halides is 2. The van der Waals surface area contributed by atoms with Crippen molar-refractivity contribution in [3.63, 3.8) is 0 Å². The Morgan fingerprint density at radius 1 is 1.35 bits per heavy atom. The van der Waals surface area contributed by atoms with E-state index in [0.717, 1.165) is 12.1 Å². The largest absolute Gasteiger partial charge is 0.507 e. The fourth-order valence-electron chi connectivity index (χ4n) is 1.49. The first kappa shape index (κ1) is 14.3. The average molecular weight is 288 g/mol. The van der Waals surface area contributed by atoms with Gasteiger partial charge in [-0.1, -0.05) is 5.16 Å². The van der Waals surface area contributed by atoms with E-state index < -0.39 is 18.8 Å². The van der Waals surface area contributed by atoms with Crippen LogP contribution in [0.1, 0.15) is 5.82 Å². The molecule has 0 spiro atoms. The standard InChI is InChI=1S/C12H11F3N2O3/c13-7-1-2-8(9(18)5-7)12-16-11(17-20-12)3-4-19-6-10(14)15/h1-2,5,10,18H,3-4,6H2. The minimum Gasteiger partial charge on any atom is -0.507 e. The number of phenolic OH excluding ortho intramolecular Hbond substituents is 1. The molecule has 0 unspecified atom stereocenters. The molecule has 0 radical (unpaired) electrons. The van der Waals surface area contributed by atoms with Gasteiger partial charge in [0.15, 0.2) is 5.82 Å². The molecule has 20 heavy (non-hydrogen) atoms. The lowest BCUT2D eigenvalue weighted by Gasteiger charge is -2.00. The van der Waals surface area contributed by atoms with E-state index in [2.05, 4.69) is 14.9 Å². The second-order valence-electron chi connectivity index (χ2n) is 3.89. The molecular formula is C12H11F3N2O3.